The zero-order chi connectivity index (χ0) is 34.2. The average Bonchev–Trinajstić information content (AvgIpc) is 3.07. The van der Waals surface area contributed by atoms with E-state index in [2.05, 4.69) is 44.7 Å². The highest BCUT2D eigenvalue weighted by Crippen LogP contribution is 2.33. The van der Waals surface area contributed by atoms with E-state index in [0.717, 1.165) is 34.9 Å². The van der Waals surface area contributed by atoms with E-state index >= 15 is 0 Å². The first-order chi connectivity index (χ1) is 21.8. The normalized spacial score (nSPS) is 9.18. The Morgan fingerprint density at radius 2 is 1.02 bits per heavy atom. The van der Waals surface area contributed by atoms with Crippen LogP contribution in [0.2, 0.25) is 0 Å². The molecule has 3 aromatic carbocycles. The van der Waals surface area contributed by atoms with Crippen LogP contribution in [0, 0.1) is 0 Å². The van der Waals surface area contributed by atoms with Crippen molar-refractivity contribution < 1.29 is 38.1 Å². The average molecular weight is 632 g/mol. The van der Waals surface area contributed by atoms with Crippen molar-refractivity contribution in [3.05, 3.63) is 122 Å². The molecule has 0 aliphatic heterocycles. The van der Waals surface area contributed by atoms with Gasteiger partial charge in [-0.25, -0.2) is 14.4 Å². The number of hydrogen-bond acceptors (Lipinski definition) is 10. The third-order valence-corrected chi connectivity index (χ3v) is 4.93. The molecule has 0 fully saturated rings. The Balaban J connectivity index is 0.00000256. The Morgan fingerprint density at radius 3 is 1.51 bits per heavy atom. The summed E-state index contributed by atoms with van der Waals surface area (Å²) in [4.78, 5) is 45.7. The Bertz CT molecular complexity index is 1490. The lowest BCUT2D eigenvalue weighted by atomic mass is 10.0. The number of ether oxygens (including phenoxy) is 4. The van der Waals surface area contributed by atoms with Crippen LogP contribution in [0.25, 0.3) is 23.3 Å². The maximum absolute atomic E-state index is 11.7. The van der Waals surface area contributed by atoms with Gasteiger partial charge in [0.15, 0.2) is 23.0 Å². The first kappa shape index (κ1) is 39.5. The number of allylic oxidation sites excluding steroid dienone is 1. The Labute approximate surface area is 269 Å². The van der Waals surface area contributed by atoms with E-state index in [9.17, 15) is 19.2 Å². The van der Waals surface area contributed by atoms with Gasteiger partial charge in [-0.05, 0) is 66.7 Å². The van der Waals surface area contributed by atoms with Crippen molar-refractivity contribution in [1.82, 2.24) is 0 Å². The molecule has 45 heavy (non-hydrogen) atoms. The van der Waals surface area contributed by atoms with E-state index in [1.54, 1.807) is 42.7 Å². The molecule has 2 N–H and O–H groups in total. The lowest BCUT2D eigenvalue weighted by Crippen LogP contribution is -2.08. The van der Waals surface area contributed by atoms with Crippen LogP contribution in [-0.4, -0.2) is 37.7 Å². The first-order valence-corrected chi connectivity index (χ1v) is 14.0. The van der Waals surface area contributed by atoms with Crippen molar-refractivity contribution in [2.24, 2.45) is 5.73 Å². The van der Waals surface area contributed by atoms with E-state index in [4.69, 9.17) is 18.9 Å². The summed E-state index contributed by atoms with van der Waals surface area (Å²) in [6.07, 6.45) is 10.1. The van der Waals surface area contributed by atoms with Crippen LogP contribution < -0.4 is 24.7 Å². The number of carbonyl (C=O) groups is 4. The molecule has 0 saturated carbocycles. The van der Waals surface area contributed by atoms with Crippen LogP contribution in [0.3, 0.4) is 0 Å². The minimum atomic E-state index is -0.703. The lowest BCUT2D eigenvalue weighted by molar-refractivity contribution is -0.131. The van der Waals surface area contributed by atoms with Crippen LogP contribution in [0.1, 0.15) is 18.1 Å². The predicted octanol–water partition coefficient (Wildman–Crippen LogP) is 6.65. The number of benzene rings is 3. The highest BCUT2D eigenvalue weighted by Gasteiger charge is 2.13. The Morgan fingerprint density at radius 1 is 0.622 bits per heavy atom. The molecule has 3 rings (SSSR count). The van der Waals surface area contributed by atoms with E-state index in [1.165, 1.54) is 19.2 Å². The quantitative estimate of drug-likeness (QED) is 0.0454. The molecule has 236 valence electrons. The molecular formula is C35H37NO8S. The van der Waals surface area contributed by atoms with Gasteiger partial charge in [-0.2, -0.15) is 12.6 Å². The van der Waals surface area contributed by atoms with Crippen molar-refractivity contribution in [2.75, 3.05) is 13.3 Å². The van der Waals surface area contributed by atoms with Crippen LogP contribution in [0.15, 0.2) is 111 Å². The summed E-state index contributed by atoms with van der Waals surface area (Å²) in [5.74, 6) is -1.77. The van der Waals surface area contributed by atoms with Gasteiger partial charge in [-0.1, -0.05) is 74.4 Å². The summed E-state index contributed by atoms with van der Waals surface area (Å²) in [5.41, 5.74) is 7.60. The van der Waals surface area contributed by atoms with E-state index in [-0.39, 0.29) is 29.5 Å². The predicted molar refractivity (Wildman–Crippen MR) is 182 cm³/mol. The lowest BCUT2D eigenvalue weighted by Gasteiger charge is -2.10. The van der Waals surface area contributed by atoms with Crippen molar-refractivity contribution in [3.8, 4) is 34.1 Å². The summed E-state index contributed by atoms with van der Waals surface area (Å²) in [6.45, 7) is 15.6. The van der Waals surface area contributed by atoms with Gasteiger partial charge in [-0.15, -0.1) is 6.58 Å². The van der Waals surface area contributed by atoms with Gasteiger partial charge in [0.05, 0.1) is 0 Å². The van der Waals surface area contributed by atoms with Gasteiger partial charge in [0.2, 0.25) is 0 Å². The van der Waals surface area contributed by atoms with Crippen LogP contribution >= 0.6 is 12.6 Å². The highest BCUT2D eigenvalue weighted by atomic mass is 32.1. The molecule has 0 amide bonds. The molecule has 0 heterocycles. The van der Waals surface area contributed by atoms with Crippen molar-refractivity contribution in [2.45, 2.75) is 6.92 Å². The number of carbonyl (C=O) groups excluding carboxylic acids is 4. The number of rotatable bonds is 11. The summed E-state index contributed by atoms with van der Waals surface area (Å²) in [6, 6.07) is 17.0. The number of esters is 3. The standard InChI is InChI=1S/C30H22O8.C3H6.CH5N.CH4S/c1-4-28(32)36-24-16-14-23(18-26(24)35-19-31)22-12-9-20(10-13-22)7-8-21-11-15-25(37-29(33)5-2)27(17-21)38-30(34)6-3;1-3-2;2*1-2/h4-19H,1-3H2;3H,1H2,2H3;2H2,1H3;2H,1H3/b8-7+;;;. The van der Waals surface area contributed by atoms with Gasteiger partial charge in [0, 0.05) is 18.2 Å². The van der Waals surface area contributed by atoms with E-state index < -0.39 is 17.9 Å². The van der Waals surface area contributed by atoms with Crippen LogP contribution in [0.5, 0.6) is 23.0 Å². The molecule has 0 aliphatic rings. The fourth-order valence-electron chi connectivity index (χ4n) is 3.14. The summed E-state index contributed by atoms with van der Waals surface area (Å²) in [5, 5.41) is 0. The smallest absolute Gasteiger partial charge is 0.335 e. The third-order valence-electron chi connectivity index (χ3n) is 4.93. The fourth-order valence-corrected chi connectivity index (χ4v) is 3.14. The molecule has 0 radical (unpaired) electrons. The minimum Gasteiger partial charge on any atom is -0.425 e. The highest BCUT2D eigenvalue weighted by molar-refractivity contribution is 7.79. The van der Waals surface area contributed by atoms with Gasteiger partial charge >= 0.3 is 17.9 Å². The maximum atomic E-state index is 11.7. The first-order valence-electron chi connectivity index (χ1n) is 13.1. The minimum absolute atomic E-state index is 0.0539. The Kier molecular flexibility index (Phi) is 20.3. The zero-order valence-electron chi connectivity index (χ0n) is 25.4. The maximum Gasteiger partial charge on any atom is 0.335 e. The summed E-state index contributed by atoms with van der Waals surface area (Å²) in [7, 11) is 1.50. The molecule has 0 aliphatic carbocycles. The zero-order valence-corrected chi connectivity index (χ0v) is 26.3. The monoisotopic (exact) mass is 631 g/mol. The topological polar surface area (TPSA) is 131 Å². The molecular weight excluding hydrogens is 594 g/mol. The molecule has 0 atom stereocenters. The van der Waals surface area contributed by atoms with Crippen LogP contribution in [0.4, 0.5) is 0 Å². The van der Waals surface area contributed by atoms with Crippen molar-refractivity contribution >= 4 is 49.2 Å². The Hall–Kier alpha value is -5.45. The molecule has 9 nitrogen and oxygen atoms in total. The van der Waals surface area contributed by atoms with E-state index in [0.29, 0.717) is 5.56 Å². The molecule has 0 saturated heterocycles. The molecule has 0 bridgehead atoms. The number of hydrogen-bond donors (Lipinski definition) is 2. The SMILES string of the molecule is C=CC.C=CC(=O)Oc1ccc(-c2ccc(/C=C/c3ccc(OC(=O)C=C)c(OC(=O)C=C)c3)cc2)cc1OC=O.CN.CS. The van der Waals surface area contributed by atoms with Gasteiger partial charge < -0.3 is 24.7 Å². The van der Waals surface area contributed by atoms with E-state index in [1.807, 2.05) is 37.3 Å². The largest absolute Gasteiger partial charge is 0.425 e. The molecule has 0 unspecified atom stereocenters. The third kappa shape index (κ3) is 14.0. The summed E-state index contributed by atoms with van der Waals surface area (Å²) < 4.78 is 20.4. The second-order valence-corrected chi connectivity index (χ2v) is 7.82. The fraction of sp³-hybridized carbons (Fsp3) is 0.0857. The number of thiol groups is 1. The number of nitrogens with two attached hydrogens (primary N) is 1. The summed E-state index contributed by atoms with van der Waals surface area (Å²) >= 11 is 3.53. The van der Waals surface area contributed by atoms with Gasteiger partial charge in [-0.3, -0.25) is 4.79 Å². The van der Waals surface area contributed by atoms with Crippen molar-refractivity contribution in [1.29, 1.82) is 0 Å². The van der Waals surface area contributed by atoms with Crippen LogP contribution in [-0.2, 0) is 19.2 Å². The molecule has 10 heteroatoms. The second-order valence-electron chi connectivity index (χ2n) is 7.82. The molecule has 3 aromatic rings. The second kappa shape index (κ2) is 23.1. The van der Waals surface area contributed by atoms with Gasteiger partial charge in [0.25, 0.3) is 6.47 Å². The molecule has 0 aromatic heterocycles. The van der Waals surface area contributed by atoms with Crippen molar-refractivity contribution in [3.63, 3.8) is 0 Å². The molecule has 0 spiro atoms. The van der Waals surface area contributed by atoms with Gasteiger partial charge in [0.1, 0.15) is 0 Å².